The Bertz CT molecular complexity index is 2700. The van der Waals surface area contributed by atoms with Crippen molar-refractivity contribution in [1.29, 1.82) is 0 Å². The SMILES string of the molecule is CC(=O)Nc1cc(N=Nc2cc(S(=O)(=O)O)c(N)c(N=Nc3ccc(C)cc3S(=O)(=O)O)c2N)ccc1N=Nc1ccc(S(=O)(=O)CCOS(=O)(=O)O)cc1. The number of hydrogen-bond donors (Lipinski definition) is 6. The first-order valence-electron chi connectivity index (χ1n) is 14.8. The second kappa shape index (κ2) is 16.4. The summed E-state index contributed by atoms with van der Waals surface area (Å²) in [4.78, 5) is 10.3. The predicted molar refractivity (Wildman–Crippen MR) is 195 cm³/mol. The number of nitrogen functional groups attached to an aromatic ring is 2. The van der Waals surface area contributed by atoms with Gasteiger partial charge in [0.15, 0.2) is 9.84 Å². The Morgan fingerprint density at radius 3 is 1.84 bits per heavy atom. The lowest BCUT2D eigenvalue weighted by atomic mass is 10.2. The van der Waals surface area contributed by atoms with Crippen LogP contribution in [0.1, 0.15) is 12.5 Å². The van der Waals surface area contributed by atoms with Crippen molar-refractivity contribution in [2.75, 3.05) is 29.1 Å². The summed E-state index contributed by atoms with van der Waals surface area (Å²) in [5.41, 5.74) is 10.6. The Kier molecular flexibility index (Phi) is 12.6. The van der Waals surface area contributed by atoms with Crippen LogP contribution in [0.4, 0.5) is 51.2 Å². The second-order valence-corrected chi connectivity index (χ2v) is 17.0. The third-order valence-electron chi connectivity index (χ3n) is 6.87. The number of anilines is 3. The van der Waals surface area contributed by atoms with Crippen molar-refractivity contribution in [3.05, 3.63) is 72.3 Å². The highest BCUT2D eigenvalue weighted by Gasteiger charge is 2.23. The molecular weight excluding hydrogens is 811 g/mol. The zero-order valence-electron chi connectivity index (χ0n) is 28.2. The molecule has 22 nitrogen and oxygen atoms in total. The lowest BCUT2D eigenvalue weighted by Crippen LogP contribution is -2.15. The molecule has 0 heterocycles. The van der Waals surface area contributed by atoms with E-state index in [1.807, 2.05) is 0 Å². The van der Waals surface area contributed by atoms with Gasteiger partial charge < -0.3 is 16.8 Å². The van der Waals surface area contributed by atoms with Crippen LogP contribution < -0.4 is 16.8 Å². The minimum atomic E-state index is -5.03. The third-order valence-corrected chi connectivity index (χ3v) is 10.8. The van der Waals surface area contributed by atoms with Crippen LogP contribution in [0.2, 0.25) is 0 Å². The summed E-state index contributed by atoms with van der Waals surface area (Å²) in [5.74, 6) is -1.27. The molecule has 0 aromatic heterocycles. The number of hydrogen-bond acceptors (Lipinski definition) is 18. The summed E-state index contributed by atoms with van der Waals surface area (Å²) in [5, 5.41) is 26.1. The van der Waals surface area contributed by atoms with E-state index in [1.54, 1.807) is 6.92 Å². The number of rotatable bonds is 14. The van der Waals surface area contributed by atoms with Crippen molar-refractivity contribution >= 4 is 97.6 Å². The number of carbonyl (C=O) groups excluding carboxylic acids is 1. The van der Waals surface area contributed by atoms with Gasteiger partial charge in [0.05, 0.1) is 45.7 Å². The highest BCUT2D eigenvalue weighted by atomic mass is 32.3. The summed E-state index contributed by atoms with van der Waals surface area (Å²) < 4.78 is 126. The maximum atomic E-state index is 12.4. The molecule has 26 heteroatoms. The molecule has 0 unspecified atom stereocenters. The number of carbonyl (C=O) groups is 1. The number of azo groups is 3. The van der Waals surface area contributed by atoms with E-state index in [4.69, 9.17) is 16.0 Å². The Labute approximate surface area is 313 Å². The molecule has 0 aliphatic rings. The van der Waals surface area contributed by atoms with Crippen LogP contribution in [0, 0.1) is 6.92 Å². The molecule has 8 N–H and O–H groups in total. The van der Waals surface area contributed by atoms with E-state index in [1.165, 1.54) is 61.5 Å². The van der Waals surface area contributed by atoms with E-state index >= 15 is 0 Å². The molecule has 4 aromatic rings. The van der Waals surface area contributed by atoms with Gasteiger partial charge in [-0.25, -0.2) is 12.6 Å². The summed E-state index contributed by atoms with van der Waals surface area (Å²) in [6.07, 6.45) is 0. The van der Waals surface area contributed by atoms with Crippen molar-refractivity contribution in [1.82, 2.24) is 0 Å². The van der Waals surface area contributed by atoms with Gasteiger partial charge in [-0.1, -0.05) is 6.07 Å². The van der Waals surface area contributed by atoms with Crippen molar-refractivity contribution in [3.63, 3.8) is 0 Å². The molecule has 4 rings (SSSR count). The number of nitrogens with one attached hydrogen (secondary N) is 1. The fraction of sp³-hybridized carbons (Fsp3) is 0.138. The number of amides is 1. The Morgan fingerprint density at radius 2 is 1.24 bits per heavy atom. The number of nitrogens with two attached hydrogens (primary N) is 2. The molecule has 0 radical (unpaired) electrons. The van der Waals surface area contributed by atoms with Crippen molar-refractivity contribution in [2.45, 2.75) is 28.5 Å². The topological polar surface area (TPSA) is 362 Å². The molecule has 0 saturated carbocycles. The fourth-order valence-electron chi connectivity index (χ4n) is 4.35. The molecule has 0 saturated heterocycles. The molecule has 0 fully saturated rings. The molecule has 4 aromatic carbocycles. The lowest BCUT2D eigenvalue weighted by molar-refractivity contribution is -0.114. The number of sulfone groups is 1. The Hall–Kier alpha value is -5.61. The average Bonchev–Trinajstić information content (AvgIpc) is 3.06. The molecule has 0 atom stereocenters. The predicted octanol–water partition coefficient (Wildman–Crippen LogP) is 5.45. The molecular formula is C29H29N9O13S4. The van der Waals surface area contributed by atoms with Gasteiger partial charge in [-0.2, -0.15) is 35.5 Å². The minimum Gasteiger partial charge on any atom is -0.396 e. The quantitative estimate of drug-likeness (QED) is 0.0522. The number of benzene rings is 4. The fourth-order valence-corrected chi connectivity index (χ4v) is 7.19. The van der Waals surface area contributed by atoms with Crippen LogP contribution in [-0.4, -0.2) is 65.6 Å². The zero-order valence-corrected chi connectivity index (χ0v) is 31.4. The molecule has 292 valence electrons. The molecule has 0 aliphatic heterocycles. The van der Waals surface area contributed by atoms with Gasteiger partial charge in [-0.05, 0) is 73.2 Å². The Balaban J connectivity index is 1.66. The Morgan fingerprint density at radius 1 is 0.673 bits per heavy atom. The highest BCUT2D eigenvalue weighted by Crippen LogP contribution is 2.44. The average molecular weight is 840 g/mol. The highest BCUT2D eigenvalue weighted by molar-refractivity contribution is 7.91. The van der Waals surface area contributed by atoms with Crippen LogP contribution in [0.25, 0.3) is 0 Å². The zero-order chi connectivity index (χ0) is 40.9. The first-order chi connectivity index (χ1) is 25.4. The first-order valence-corrected chi connectivity index (χ1v) is 20.7. The van der Waals surface area contributed by atoms with E-state index in [-0.39, 0.29) is 33.3 Å². The molecule has 0 aliphatic carbocycles. The third kappa shape index (κ3) is 11.4. The molecule has 1 amide bonds. The summed E-state index contributed by atoms with van der Waals surface area (Å²) in [6, 6.07) is 13.5. The molecule has 0 bridgehead atoms. The maximum Gasteiger partial charge on any atom is 0.397 e. The molecule has 0 spiro atoms. The van der Waals surface area contributed by atoms with Crippen LogP contribution in [-0.2, 0) is 49.5 Å². The first kappa shape index (κ1) is 42.1. The number of aryl methyl sites for hydroxylation is 1. The van der Waals surface area contributed by atoms with Crippen LogP contribution in [0.15, 0.2) is 112 Å². The van der Waals surface area contributed by atoms with Gasteiger partial charge in [0, 0.05) is 6.92 Å². The molecule has 55 heavy (non-hydrogen) atoms. The summed E-state index contributed by atoms with van der Waals surface area (Å²) in [7, 11) is -18.6. The lowest BCUT2D eigenvalue weighted by Gasteiger charge is -2.11. The van der Waals surface area contributed by atoms with Crippen molar-refractivity contribution < 1.29 is 56.3 Å². The monoisotopic (exact) mass is 839 g/mol. The normalized spacial score (nSPS) is 12.9. The standard InChI is InChI=1S/C29H29N9O13S4/c1-16-3-9-22(25(13-16)53(42,43)44)36-38-29-27(30)24(15-26(28(29)31)54(45,46)47)37-34-19-6-10-21(23(14-19)32-17(2)39)35-33-18-4-7-20(8-5-18)52(40,41)12-11-51-55(48,49)50/h3-10,13-15H,11-12,30-31H2,1-2H3,(H,32,39)(H,42,43,44)(H,45,46,47)(H,48,49,50). The van der Waals surface area contributed by atoms with Crippen molar-refractivity contribution in [3.8, 4) is 0 Å². The van der Waals surface area contributed by atoms with Gasteiger partial charge >= 0.3 is 10.4 Å². The van der Waals surface area contributed by atoms with Crippen LogP contribution in [0.5, 0.6) is 0 Å². The largest absolute Gasteiger partial charge is 0.397 e. The summed E-state index contributed by atoms with van der Waals surface area (Å²) in [6.45, 7) is 1.94. The van der Waals surface area contributed by atoms with Crippen LogP contribution >= 0.6 is 0 Å². The van der Waals surface area contributed by atoms with Gasteiger partial charge in [-0.15, -0.1) is 20.5 Å². The van der Waals surface area contributed by atoms with Crippen LogP contribution in [0.3, 0.4) is 0 Å². The van der Waals surface area contributed by atoms with Gasteiger partial charge in [-0.3, -0.25) is 18.5 Å². The maximum absolute atomic E-state index is 12.4. The number of nitrogens with zero attached hydrogens (tertiary/aromatic N) is 6. The van der Waals surface area contributed by atoms with Crippen molar-refractivity contribution in [2.24, 2.45) is 30.7 Å². The van der Waals surface area contributed by atoms with Gasteiger partial charge in [0.1, 0.15) is 32.5 Å². The van der Waals surface area contributed by atoms with Gasteiger partial charge in [0.25, 0.3) is 20.2 Å². The van der Waals surface area contributed by atoms with E-state index in [9.17, 15) is 47.6 Å². The second-order valence-electron chi connectivity index (χ2n) is 11.0. The van der Waals surface area contributed by atoms with Gasteiger partial charge in [0.2, 0.25) is 5.91 Å². The van der Waals surface area contributed by atoms with E-state index in [0.29, 0.717) is 5.56 Å². The van der Waals surface area contributed by atoms with E-state index < -0.39 is 91.3 Å². The smallest absolute Gasteiger partial charge is 0.396 e. The van der Waals surface area contributed by atoms with E-state index in [2.05, 4.69) is 40.2 Å². The van der Waals surface area contributed by atoms with E-state index in [0.717, 1.165) is 12.1 Å². The minimum absolute atomic E-state index is 0.0421. The summed E-state index contributed by atoms with van der Waals surface area (Å²) >= 11 is 0.